The Hall–Kier alpha value is -0.980. The minimum atomic E-state index is 0.250. The maximum absolute atomic E-state index is 9.74. The summed E-state index contributed by atoms with van der Waals surface area (Å²) in [6.45, 7) is 4.28. The van der Waals surface area contributed by atoms with Gasteiger partial charge < -0.3 is 5.11 Å². The molecule has 0 heterocycles. The fourth-order valence-electron chi connectivity index (χ4n) is 2.33. The summed E-state index contributed by atoms with van der Waals surface area (Å²) < 4.78 is 0. The summed E-state index contributed by atoms with van der Waals surface area (Å²) in [5, 5.41) is 9.74. The van der Waals surface area contributed by atoms with E-state index in [1.54, 1.807) is 0 Å². The van der Waals surface area contributed by atoms with Gasteiger partial charge in [-0.05, 0) is 31.3 Å². The summed E-state index contributed by atoms with van der Waals surface area (Å²) in [6, 6.07) is 0. The summed E-state index contributed by atoms with van der Waals surface area (Å²) in [5.41, 5.74) is 1.32. The van der Waals surface area contributed by atoms with Crippen LogP contribution in [0.2, 0.25) is 0 Å². The minimum absolute atomic E-state index is 0.250. The summed E-state index contributed by atoms with van der Waals surface area (Å²) in [7, 11) is 0. The van der Waals surface area contributed by atoms with Crippen molar-refractivity contribution < 1.29 is 5.11 Å². The lowest BCUT2D eigenvalue weighted by atomic mass is 9.75. The van der Waals surface area contributed by atoms with E-state index in [2.05, 4.69) is 32.1 Å². The number of allylic oxidation sites excluding steroid dienone is 5. The van der Waals surface area contributed by atoms with Gasteiger partial charge in [-0.1, -0.05) is 30.7 Å². The van der Waals surface area contributed by atoms with Gasteiger partial charge in [0, 0.05) is 5.92 Å². The van der Waals surface area contributed by atoms with Crippen LogP contribution >= 0.6 is 0 Å². The molecule has 0 saturated carbocycles. The van der Waals surface area contributed by atoms with Gasteiger partial charge in [0.25, 0.3) is 0 Å². The summed E-state index contributed by atoms with van der Waals surface area (Å²) in [6.07, 6.45) is 9.65. The van der Waals surface area contributed by atoms with Gasteiger partial charge in [0.2, 0.25) is 0 Å². The van der Waals surface area contributed by atoms with E-state index in [1.165, 1.54) is 5.57 Å². The summed E-state index contributed by atoms with van der Waals surface area (Å²) >= 11 is 0. The fourth-order valence-corrected chi connectivity index (χ4v) is 2.33. The van der Waals surface area contributed by atoms with E-state index >= 15 is 0 Å². The third-order valence-electron chi connectivity index (χ3n) is 2.95. The van der Waals surface area contributed by atoms with Crippen molar-refractivity contribution in [2.45, 2.75) is 20.3 Å². The van der Waals surface area contributed by atoms with E-state index in [4.69, 9.17) is 0 Å². The summed E-state index contributed by atoms with van der Waals surface area (Å²) in [5.74, 6) is 1.84. The highest BCUT2D eigenvalue weighted by Crippen LogP contribution is 2.37. The molecule has 1 heteroatoms. The molecule has 0 amide bonds. The molecule has 0 aromatic rings. The number of hydrogen-bond acceptors (Lipinski definition) is 1. The Balaban J connectivity index is 2.29. The van der Waals surface area contributed by atoms with Crippen LogP contribution in [-0.2, 0) is 0 Å². The molecule has 0 aliphatic heterocycles. The van der Waals surface area contributed by atoms with E-state index < -0.39 is 0 Å². The molecule has 0 spiro atoms. The molecule has 70 valence electrons. The average molecular weight is 176 g/mol. The van der Waals surface area contributed by atoms with Crippen molar-refractivity contribution in [1.82, 2.24) is 0 Å². The molecular weight excluding hydrogens is 160 g/mol. The van der Waals surface area contributed by atoms with Gasteiger partial charge in [-0.2, -0.15) is 0 Å². The monoisotopic (exact) mass is 176 g/mol. The highest BCUT2D eigenvalue weighted by atomic mass is 16.3. The molecular formula is C12H16O. The number of hydrogen-bond donors (Lipinski definition) is 1. The van der Waals surface area contributed by atoms with Crippen LogP contribution in [0.4, 0.5) is 0 Å². The van der Waals surface area contributed by atoms with Gasteiger partial charge >= 0.3 is 0 Å². The maximum Gasteiger partial charge on any atom is 0.0960 e. The predicted octanol–water partition coefficient (Wildman–Crippen LogP) is 3.22. The maximum atomic E-state index is 9.74. The van der Waals surface area contributed by atoms with E-state index in [0.29, 0.717) is 17.6 Å². The Morgan fingerprint density at radius 1 is 1.38 bits per heavy atom. The quantitative estimate of drug-likeness (QED) is 0.601. The van der Waals surface area contributed by atoms with Crippen molar-refractivity contribution in [2.75, 3.05) is 0 Å². The lowest BCUT2D eigenvalue weighted by molar-refractivity contribution is 0.273. The number of aliphatic hydroxyl groups is 1. The van der Waals surface area contributed by atoms with Crippen molar-refractivity contribution in [3.63, 3.8) is 0 Å². The first-order chi connectivity index (χ1) is 6.16. The SMILES string of the molecule is CC1=CC2CC(C)C=C(O)C2C=C1. The largest absolute Gasteiger partial charge is 0.512 e. The first-order valence-corrected chi connectivity index (χ1v) is 4.94. The standard InChI is InChI=1S/C12H16O/c1-8-3-4-11-10(5-8)6-9(2)7-12(11)13/h3-5,7,9-11,13H,6H2,1-2H3. The summed E-state index contributed by atoms with van der Waals surface area (Å²) in [4.78, 5) is 0. The average Bonchev–Trinajstić information content (AvgIpc) is 2.02. The minimum Gasteiger partial charge on any atom is -0.512 e. The van der Waals surface area contributed by atoms with Crippen molar-refractivity contribution >= 4 is 0 Å². The fraction of sp³-hybridized carbons (Fsp3) is 0.500. The van der Waals surface area contributed by atoms with Crippen LogP contribution in [0.15, 0.2) is 35.6 Å². The molecule has 3 unspecified atom stereocenters. The van der Waals surface area contributed by atoms with Gasteiger partial charge in [0.05, 0.1) is 5.76 Å². The molecule has 2 aliphatic rings. The second-order valence-corrected chi connectivity index (χ2v) is 4.26. The highest BCUT2D eigenvalue weighted by molar-refractivity contribution is 5.29. The Morgan fingerprint density at radius 2 is 2.15 bits per heavy atom. The van der Waals surface area contributed by atoms with Crippen molar-refractivity contribution in [3.8, 4) is 0 Å². The number of aliphatic hydroxyl groups excluding tert-OH is 1. The Kier molecular flexibility index (Phi) is 2.03. The predicted molar refractivity (Wildman–Crippen MR) is 54.4 cm³/mol. The van der Waals surface area contributed by atoms with Crippen LogP contribution < -0.4 is 0 Å². The van der Waals surface area contributed by atoms with Crippen LogP contribution in [0.3, 0.4) is 0 Å². The molecule has 1 N–H and O–H groups in total. The smallest absolute Gasteiger partial charge is 0.0960 e. The zero-order valence-corrected chi connectivity index (χ0v) is 8.20. The third kappa shape index (κ3) is 1.55. The molecule has 0 aromatic carbocycles. The van der Waals surface area contributed by atoms with Gasteiger partial charge in [-0.3, -0.25) is 0 Å². The van der Waals surface area contributed by atoms with E-state index in [9.17, 15) is 5.11 Å². The Bertz CT molecular complexity index is 296. The lowest BCUT2D eigenvalue weighted by Gasteiger charge is -2.31. The molecule has 0 fully saturated rings. The molecule has 0 aromatic heterocycles. The molecule has 0 bridgehead atoms. The van der Waals surface area contributed by atoms with E-state index in [0.717, 1.165) is 6.42 Å². The van der Waals surface area contributed by atoms with Gasteiger partial charge in [-0.15, -0.1) is 0 Å². The Morgan fingerprint density at radius 3 is 2.92 bits per heavy atom. The van der Waals surface area contributed by atoms with Crippen LogP contribution in [0, 0.1) is 17.8 Å². The molecule has 3 atom stereocenters. The van der Waals surface area contributed by atoms with E-state index in [1.807, 2.05) is 6.08 Å². The lowest BCUT2D eigenvalue weighted by Crippen LogP contribution is -2.22. The Labute approximate surface area is 79.5 Å². The van der Waals surface area contributed by atoms with Crippen LogP contribution in [0.1, 0.15) is 20.3 Å². The first-order valence-electron chi connectivity index (χ1n) is 4.94. The zero-order chi connectivity index (χ0) is 9.42. The second kappa shape index (κ2) is 3.06. The second-order valence-electron chi connectivity index (χ2n) is 4.26. The van der Waals surface area contributed by atoms with Crippen molar-refractivity contribution in [2.24, 2.45) is 17.8 Å². The zero-order valence-electron chi connectivity index (χ0n) is 8.20. The van der Waals surface area contributed by atoms with Gasteiger partial charge in [0.1, 0.15) is 0 Å². The normalized spacial score (nSPS) is 37.8. The van der Waals surface area contributed by atoms with Crippen LogP contribution in [-0.4, -0.2) is 5.11 Å². The number of fused-ring (bicyclic) bond motifs is 1. The van der Waals surface area contributed by atoms with Crippen LogP contribution in [0.5, 0.6) is 0 Å². The van der Waals surface area contributed by atoms with E-state index in [-0.39, 0.29) is 5.92 Å². The van der Waals surface area contributed by atoms with Crippen molar-refractivity contribution in [3.05, 3.63) is 35.6 Å². The molecule has 0 saturated heterocycles. The number of rotatable bonds is 0. The first kappa shape index (κ1) is 8.61. The van der Waals surface area contributed by atoms with Crippen molar-refractivity contribution in [1.29, 1.82) is 0 Å². The van der Waals surface area contributed by atoms with Gasteiger partial charge in [0.15, 0.2) is 0 Å². The molecule has 13 heavy (non-hydrogen) atoms. The molecule has 0 radical (unpaired) electrons. The molecule has 2 aliphatic carbocycles. The topological polar surface area (TPSA) is 20.2 Å². The highest BCUT2D eigenvalue weighted by Gasteiger charge is 2.28. The van der Waals surface area contributed by atoms with Gasteiger partial charge in [-0.25, -0.2) is 0 Å². The third-order valence-corrected chi connectivity index (χ3v) is 2.95. The van der Waals surface area contributed by atoms with Crippen LogP contribution in [0.25, 0.3) is 0 Å². The molecule has 1 nitrogen and oxygen atoms in total. The molecule has 2 rings (SSSR count).